The SMILES string of the molecule is COC(=O)C(c1ccccc1Cl)N1CCN(C(=O)C2CCCN2S(C)(=O)=O)CC1. The molecule has 2 aliphatic rings. The molecule has 29 heavy (non-hydrogen) atoms. The number of piperazine rings is 1. The average molecular weight is 444 g/mol. The average Bonchev–Trinajstić information content (AvgIpc) is 3.20. The van der Waals surface area contributed by atoms with Crippen LogP contribution >= 0.6 is 11.6 Å². The van der Waals surface area contributed by atoms with Crippen molar-refractivity contribution in [2.75, 3.05) is 46.1 Å². The predicted octanol–water partition coefficient (Wildman–Crippen LogP) is 1.12. The molecule has 2 unspecified atom stereocenters. The van der Waals surface area contributed by atoms with E-state index in [2.05, 4.69) is 0 Å². The molecule has 2 heterocycles. The van der Waals surface area contributed by atoms with E-state index in [0.717, 1.165) is 6.26 Å². The zero-order valence-electron chi connectivity index (χ0n) is 16.6. The Kier molecular flexibility index (Phi) is 6.83. The van der Waals surface area contributed by atoms with Gasteiger partial charge in [-0.2, -0.15) is 4.31 Å². The van der Waals surface area contributed by atoms with Crippen LogP contribution in [-0.4, -0.2) is 86.5 Å². The van der Waals surface area contributed by atoms with Gasteiger partial charge in [-0.1, -0.05) is 29.8 Å². The molecule has 2 atom stereocenters. The summed E-state index contributed by atoms with van der Waals surface area (Å²) < 4.78 is 30.2. The van der Waals surface area contributed by atoms with E-state index < -0.39 is 28.1 Å². The molecular formula is C19H26ClN3O5S. The van der Waals surface area contributed by atoms with Crippen LogP contribution in [-0.2, 0) is 24.3 Å². The fourth-order valence-electron chi connectivity index (χ4n) is 4.08. The number of benzene rings is 1. The van der Waals surface area contributed by atoms with E-state index >= 15 is 0 Å². The molecule has 1 aromatic carbocycles. The van der Waals surface area contributed by atoms with Crippen molar-refractivity contribution in [2.45, 2.75) is 24.9 Å². The van der Waals surface area contributed by atoms with Gasteiger partial charge in [-0.25, -0.2) is 13.2 Å². The summed E-state index contributed by atoms with van der Waals surface area (Å²) in [6.45, 7) is 2.12. The van der Waals surface area contributed by atoms with Crippen LogP contribution in [0.15, 0.2) is 24.3 Å². The molecule has 0 aliphatic carbocycles. The molecule has 1 amide bonds. The van der Waals surface area contributed by atoms with Gasteiger partial charge in [0, 0.05) is 37.7 Å². The van der Waals surface area contributed by atoms with Gasteiger partial charge < -0.3 is 9.64 Å². The first-order valence-corrected chi connectivity index (χ1v) is 11.8. The molecule has 0 aromatic heterocycles. The highest BCUT2D eigenvalue weighted by atomic mass is 35.5. The van der Waals surface area contributed by atoms with E-state index in [0.29, 0.717) is 56.2 Å². The molecule has 8 nitrogen and oxygen atoms in total. The number of hydrogen-bond donors (Lipinski definition) is 0. The van der Waals surface area contributed by atoms with Gasteiger partial charge in [-0.15, -0.1) is 0 Å². The van der Waals surface area contributed by atoms with Gasteiger partial charge in [0.2, 0.25) is 15.9 Å². The van der Waals surface area contributed by atoms with Crippen molar-refractivity contribution in [1.82, 2.24) is 14.1 Å². The third-order valence-electron chi connectivity index (χ3n) is 5.53. The summed E-state index contributed by atoms with van der Waals surface area (Å²) in [5.41, 5.74) is 0.667. The largest absolute Gasteiger partial charge is 0.468 e. The molecule has 0 radical (unpaired) electrons. The van der Waals surface area contributed by atoms with Crippen molar-refractivity contribution in [3.63, 3.8) is 0 Å². The molecule has 0 saturated carbocycles. The summed E-state index contributed by atoms with van der Waals surface area (Å²) in [5.74, 6) is -0.572. The Balaban J connectivity index is 1.71. The number of carbonyl (C=O) groups is 2. The molecule has 10 heteroatoms. The van der Waals surface area contributed by atoms with Gasteiger partial charge in [0.1, 0.15) is 12.1 Å². The first-order chi connectivity index (χ1) is 13.7. The number of amides is 1. The summed E-state index contributed by atoms with van der Waals surface area (Å²) in [4.78, 5) is 29.0. The van der Waals surface area contributed by atoms with Crippen LogP contribution in [0, 0.1) is 0 Å². The van der Waals surface area contributed by atoms with Gasteiger partial charge in [0.05, 0.1) is 13.4 Å². The fraction of sp³-hybridized carbons (Fsp3) is 0.579. The normalized spacial score (nSPS) is 22.4. The summed E-state index contributed by atoms with van der Waals surface area (Å²) >= 11 is 6.30. The van der Waals surface area contributed by atoms with Crippen molar-refractivity contribution in [3.05, 3.63) is 34.9 Å². The number of carbonyl (C=O) groups excluding carboxylic acids is 2. The Morgan fingerprint density at radius 1 is 1.14 bits per heavy atom. The minimum Gasteiger partial charge on any atom is -0.468 e. The second-order valence-electron chi connectivity index (χ2n) is 7.34. The maximum absolute atomic E-state index is 12.9. The lowest BCUT2D eigenvalue weighted by molar-refractivity contribution is -0.149. The Bertz CT molecular complexity index is 870. The minimum absolute atomic E-state index is 0.167. The number of ether oxygens (including phenoxy) is 1. The Hall–Kier alpha value is -1.68. The lowest BCUT2D eigenvalue weighted by atomic mass is 10.0. The second-order valence-corrected chi connectivity index (χ2v) is 9.68. The first kappa shape index (κ1) is 22.0. The zero-order valence-corrected chi connectivity index (χ0v) is 18.2. The van der Waals surface area contributed by atoms with Gasteiger partial charge in [-0.05, 0) is 24.5 Å². The monoisotopic (exact) mass is 443 g/mol. The van der Waals surface area contributed by atoms with E-state index in [-0.39, 0.29) is 5.91 Å². The third kappa shape index (κ3) is 4.74. The zero-order chi connectivity index (χ0) is 21.2. The molecule has 2 fully saturated rings. The lowest BCUT2D eigenvalue weighted by Crippen LogP contribution is -2.55. The van der Waals surface area contributed by atoms with Gasteiger partial charge in [-0.3, -0.25) is 9.69 Å². The number of nitrogens with zero attached hydrogens (tertiary/aromatic N) is 3. The van der Waals surface area contributed by atoms with Gasteiger partial charge in [0.15, 0.2) is 0 Å². The molecular weight excluding hydrogens is 418 g/mol. The van der Waals surface area contributed by atoms with Gasteiger partial charge >= 0.3 is 5.97 Å². The standard InChI is InChI=1S/C19H26ClN3O5S/c1-28-19(25)17(14-6-3-4-7-15(14)20)21-10-12-22(13-11-21)18(24)16-8-5-9-23(16)29(2,26)27/h3-4,6-7,16-17H,5,8-13H2,1-2H3. The van der Waals surface area contributed by atoms with Crippen LogP contribution in [0.1, 0.15) is 24.4 Å². The quantitative estimate of drug-likeness (QED) is 0.634. The maximum Gasteiger partial charge on any atom is 0.327 e. The summed E-state index contributed by atoms with van der Waals surface area (Å²) in [5, 5.41) is 0.483. The van der Waals surface area contributed by atoms with Gasteiger partial charge in [0.25, 0.3) is 0 Å². The number of hydrogen-bond acceptors (Lipinski definition) is 6. The van der Waals surface area contributed by atoms with Crippen LogP contribution in [0.5, 0.6) is 0 Å². The number of rotatable bonds is 5. The fourth-order valence-corrected chi connectivity index (χ4v) is 5.43. The highest BCUT2D eigenvalue weighted by Crippen LogP contribution is 2.30. The van der Waals surface area contributed by atoms with Crippen LogP contribution < -0.4 is 0 Å². The second kappa shape index (κ2) is 8.99. The van der Waals surface area contributed by atoms with Crippen LogP contribution in [0.4, 0.5) is 0 Å². The molecule has 0 N–H and O–H groups in total. The molecule has 2 aliphatic heterocycles. The van der Waals surface area contributed by atoms with Crippen molar-refractivity contribution in [3.8, 4) is 0 Å². The molecule has 0 spiro atoms. The topological polar surface area (TPSA) is 87.2 Å². The number of esters is 1. The molecule has 0 bridgehead atoms. The number of methoxy groups -OCH3 is 1. The van der Waals surface area contributed by atoms with Crippen molar-refractivity contribution in [1.29, 1.82) is 0 Å². The maximum atomic E-state index is 12.9. The Labute approximate surface area is 176 Å². The third-order valence-corrected chi connectivity index (χ3v) is 7.16. The van der Waals surface area contributed by atoms with Crippen LogP contribution in [0.25, 0.3) is 0 Å². The Morgan fingerprint density at radius 2 is 1.79 bits per heavy atom. The summed E-state index contributed by atoms with van der Waals surface area (Å²) in [6, 6.07) is 5.86. The van der Waals surface area contributed by atoms with E-state index in [1.165, 1.54) is 11.4 Å². The van der Waals surface area contributed by atoms with E-state index in [4.69, 9.17) is 16.3 Å². The highest BCUT2D eigenvalue weighted by molar-refractivity contribution is 7.88. The van der Waals surface area contributed by atoms with E-state index in [1.807, 2.05) is 11.0 Å². The summed E-state index contributed by atoms with van der Waals surface area (Å²) in [6.07, 6.45) is 2.36. The highest BCUT2D eigenvalue weighted by Gasteiger charge is 2.40. The van der Waals surface area contributed by atoms with Crippen LogP contribution in [0.2, 0.25) is 5.02 Å². The molecule has 1 aromatic rings. The smallest absolute Gasteiger partial charge is 0.327 e. The number of halogens is 1. The van der Waals surface area contributed by atoms with Crippen LogP contribution in [0.3, 0.4) is 0 Å². The van der Waals surface area contributed by atoms with E-state index in [1.54, 1.807) is 23.1 Å². The van der Waals surface area contributed by atoms with Crippen molar-refractivity contribution in [2.24, 2.45) is 0 Å². The van der Waals surface area contributed by atoms with Crippen molar-refractivity contribution < 1.29 is 22.7 Å². The summed E-state index contributed by atoms with van der Waals surface area (Å²) in [7, 11) is -2.08. The Morgan fingerprint density at radius 3 is 2.38 bits per heavy atom. The van der Waals surface area contributed by atoms with E-state index in [9.17, 15) is 18.0 Å². The predicted molar refractivity (Wildman–Crippen MR) is 109 cm³/mol. The first-order valence-electron chi connectivity index (χ1n) is 9.56. The molecule has 160 valence electrons. The van der Waals surface area contributed by atoms with Crippen molar-refractivity contribution >= 4 is 33.5 Å². The lowest BCUT2D eigenvalue weighted by Gasteiger charge is -2.39. The minimum atomic E-state index is -3.42. The molecule has 3 rings (SSSR count). The molecule has 2 saturated heterocycles. The number of sulfonamides is 1.